The van der Waals surface area contributed by atoms with Gasteiger partial charge in [-0.25, -0.2) is 9.79 Å². The molecule has 0 heterocycles. The van der Waals surface area contributed by atoms with Crippen molar-refractivity contribution in [2.24, 2.45) is 10.7 Å². The number of carbonyl (C=O) groups is 1. The fourth-order valence-electron chi connectivity index (χ4n) is 1.39. The van der Waals surface area contributed by atoms with Gasteiger partial charge in [-0.05, 0) is 25.5 Å². The summed E-state index contributed by atoms with van der Waals surface area (Å²) in [7, 11) is 3.58. The van der Waals surface area contributed by atoms with Crippen LogP contribution in [0.5, 0.6) is 0 Å². The van der Waals surface area contributed by atoms with Gasteiger partial charge in [0.2, 0.25) is 5.96 Å². The maximum atomic E-state index is 10.8. The lowest BCUT2D eigenvalue weighted by Crippen LogP contribution is -2.42. The molecule has 0 spiro atoms. The highest BCUT2D eigenvalue weighted by atomic mass is 16.2. The molecular weight excluding hydrogens is 216 g/mol. The topological polar surface area (TPSA) is 70.7 Å². The Labute approximate surface area is 101 Å². The van der Waals surface area contributed by atoms with Crippen molar-refractivity contribution in [2.45, 2.75) is 13.8 Å². The van der Waals surface area contributed by atoms with Gasteiger partial charge in [-0.2, -0.15) is 0 Å². The van der Waals surface area contributed by atoms with E-state index in [1.165, 1.54) is 5.56 Å². The quantitative estimate of drug-likeness (QED) is 0.571. The zero-order valence-corrected chi connectivity index (χ0v) is 10.6. The molecule has 5 nitrogen and oxygen atoms in total. The van der Waals surface area contributed by atoms with Crippen molar-refractivity contribution in [2.75, 3.05) is 14.1 Å². The Morgan fingerprint density at radius 1 is 1.35 bits per heavy atom. The Bertz CT molecular complexity index is 452. The Morgan fingerprint density at radius 2 is 2.00 bits per heavy atom. The van der Waals surface area contributed by atoms with Gasteiger partial charge in [0.05, 0.1) is 5.69 Å². The minimum absolute atomic E-state index is 0.421. The lowest BCUT2D eigenvalue weighted by molar-refractivity contribution is 0.252. The summed E-state index contributed by atoms with van der Waals surface area (Å²) in [5, 5.41) is 2.48. The van der Waals surface area contributed by atoms with Gasteiger partial charge in [0.25, 0.3) is 0 Å². The van der Waals surface area contributed by atoms with Crippen LogP contribution >= 0.6 is 0 Å². The smallest absolute Gasteiger partial charge is 0.318 e. The molecule has 1 aromatic carbocycles. The van der Waals surface area contributed by atoms with Crippen molar-refractivity contribution in [1.29, 1.82) is 0 Å². The fraction of sp³-hybridized carbons (Fsp3) is 0.333. The molecule has 0 saturated heterocycles. The summed E-state index contributed by atoms with van der Waals surface area (Å²) in [6.45, 7) is 4.00. The molecule has 1 rings (SSSR count). The number of guanidine groups is 1. The molecule has 0 aliphatic heterocycles. The number of rotatable bonds is 1. The first kappa shape index (κ1) is 13.0. The van der Waals surface area contributed by atoms with E-state index in [2.05, 4.69) is 10.3 Å². The van der Waals surface area contributed by atoms with Crippen molar-refractivity contribution < 1.29 is 4.79 Å². The molecule has 0 saturated carbocycles. The van der Waals surface area contributed by atoms with Crippen LogP contribution in [-0.2, 0) is 0 Å². The number of nitrogens with zero attached hydrogens (tertiary/aromatic N) is 2. The van der Waals surface area contributed by atoms with Crippen LogP contribution < -0.4 is 11.1 Å². The molecule has 0 fully saturated rings. The van der Waals surface area contributed by atoms with Crippen LogP contribution in [0, 0.1) is 13.8 Å². The lowest BCUT2D eigenvalue weighted by Gasteiger charge is -2.15. The van der Waals surface area contributed by atoms with Crippen LogP contribution in [0.25, 0.3) is 0 Å². The summed E-state index contributed by atoms with van der Waals surface area (Å²) < 4.78 is 0. The van der Waals surface area contributed by atoms with E-state index in [-0.39, 0.29) is 0 Å². The number of aryl methyl sites for hydroxylation is 2. The summed E-state index contributed by atoms with van der Waals surface area (Å²) in [6, 6.07) is 5.30. The van der Waals surface area contributed by atoms with Crippen LogP contribution in [0.4, 0.5) is 10.5 Å². The maximum Gasteiger partial charge on any atom is 0.318 e. The monoisotopic (exact) mass is 234 g/mol. The van der Waals surface area contributed by atoms with Gasteiger partial charge in [0, 0.05) is 14.1 Å². The van der Waals surface area contributed by atoms with E-state index in [4.69, 9.17) is 5.73 Å². The average molecular weight is 234 g/mol. The Hall–Kier alpha value is -2.04. The minimum Gasteiger partial charge on any atom is -0.351 e. The molecular formula is C12H18N4O. The lowest BCUT2D eigenvalue weighted by atomic mass is 10.1. The van der Waals surface area contributed by atoms with E-state index in [1.807, 2.05) is 32.0 Å². The van der Waals surface area contributed by atoms with E-state index >= 15 is 0 Å². The second-order valence-electron chi connectivity index (χ2n) is 4.11. The predicted octanol–water partition coefficient (Wildman–Crippen LogP) is 1.52. The second kappa shape index (κ2) is 5.34. The van der Waals surface area contributed by atoms with Gasteiger partial charge in [-0.1, -0.05) is 17.7 Å². The molecule has 0 unspecified atom stereocenters. The van der Waals surface area contributed by atoms with E-state index in [0.717, 1.165) is 11.3 Å². The molecule has 0 aliphatic carbocycles. The summed E-state index contributed by atoms with van der Waals surface area (Å²) in [6.07, 6.45) is 0. The summed E-state index contributed by atoms with van der Waals surface area (Å²) >= 11 is 0. The van der Waals surface area contributed by atoms with Gasteiger partial charge in [0.1, 0.15) is 0 Å². The normalized spacial score (nSPS) is 11.2. The highest BCUT2D eigenvalue weighted by molar-refractivity contribution is 5.96. The Morgan fingerprint density at radius 3 is 2.47 bits per heavy atom. The second-order valence-corrected chi connectivity index (χ2v) is 4.11. The van der Waals surface area contributed by atoms with Crippen molar-refractivity contribution in [3.63, 3.8) is 0 Å². The molecule has 0 bridgehead atoms. The number of nitrogens with two attached hydrogens (primary N) is 1. The molecule has 17 heavy (non-hydrogen) atoms. The van der Waals surface area contributed by atoms with Crippen LogP contribution in [0.1, 0.15) is 11.1 Å². The van der Waals surface area contributed by atoms with E-state index < -0.39 is 6.03 Å². The van der Waals surface area contributed by atoms with Gasteiger partial charge in [-0.15, -0.1) is 0 Å². The number of hydrogen-bond donors (Lipinski definition) is 2. The number of amides is 2. The number of hydrogen-bond acceptors (Lipinski definition) is 2. The zero-order valence-electron chi connectivity index (χ0n) is 10.6. The van der Waals surface area contributed by atoms with Crippen LogP contribution in [0.2, 0.25) is 0 Å². The van der Waals surface area contributed by atoms with E-state index in [0.29, 0.717) is 5.96 Å². The third kappa shape index (κ3) is 3.79. The van der Waals surface area contributed by atoms with Crippen LogP contribution in [0.3, 0.4) is 0 Å². The van der Waals surface area contributed by atoms with Gasteiger partial charge < -0.3 is 10.6 Å². The van der Waals surface area contributed by atoms with Crippen molar-refractivity contribution in [3.05, 3.63) is 29.3 Å². The fourth-order valence-corrected chi connectivity index (χ4v) is 1.39. The van der Waals surface area contributed by atoms with Crippen LogP contribution in [-0.4, -0.2) is 31.0 Å². The first-order chi connectivity index (χ1) is 7.90. The molecule has 92 valence electrons. The number of benzene rings is 1. The number of aliphatic imine (C=N–C) groups is 1. The molecule has 1 aromatic rings. The highest BCUT2D eigenvalue weighted by Crippen LogP contribution is 2.19. The molecule has 2 amide bonds. The van der Waals surface area contributed by atoms with Crippen molar-refractivity contribution in [1.82, 2.24) is 10.2 Å². The Balaban J connectivity index is 3.08. The molecule has 0 aromatic heterocycles. The number of carbonyl (C=O) groups excluding carboxylic acids is 1. The third-order valence-electron chi connectivity index (χ3n) is 2.24. The maximum absolute atomic E-state index is 10.8. The summed E-state index contributed by atoms with van der Waals surface area (Å²) in [4.78, 5) is 16.9. The average Bonchev–Trinajstić information content (AvgIpc) is 2.19. The molecule has 0 radical (unpaired) electrons. The van der Waals surface area contributed by atoms with Crippen molar-refractivity contribution >= 4 is 17.7 Å². The summed E-state index contributed by atoms with van der Waals surface area (Å²) in [5.74, 6) is 0.421. The number of nitrogens with one attached hydrogen (secondary N) is 1. The largest absolute Gasteiger partial charge is 0.351 e. The van der Waals surface area contributed by atoms with E-state index in [9.17, 15) is 4.79 Å². The zero-order chi connectivity index (χ0) is 13.0. The van der Waals surface area contributed by atoms with Gasteiger partial charge >= 0.3 is 6.03 Å². The molecule has 3 N–H and O–H groups in total. The third-order valence-corrected chi connectivity index (χ3v) is 2.24. The number of primary amides is 1. The van der Waals surface area contributed by atoms with Gasteiger partial charge in [-0.3, -0.25) is 5.32 Å². The molecule has 5 heteroatoms. The van der Waals surface area contributed by atoms with Gasteiger partial charge in [0.15, 0.2) is 0 Å². The van der Waals surface area contributed by atoms with E-state index in [1.54, 1.807) is 19.0 Å². The minimum atomic E-state index is -0.623. The number of urea groups is 1. The SMILES string of the molecule is Cc1ccc(N=C(NC(N)=O)N(C)C)c(C)c1. The summed E-state index contributed by atoms with van der Waals surface area (Å²) in [5.41, 5.74) is 8.13. The standard InChI is InChI=1S/C12H18N4O/c1-8-5-6-10(9(2)7-8)14-12(16(3)4)15-11(13)17/h5-7H,1-4H3,(H3,13,14,15,17). The Kier molecular flexibility index (Phi) is 4.09. The first-order valence-corrected chi connectivity index (χ1v) is 5.30. The van der Waals surface area contributed by atoms with Crippen molar-refractivity contribution in [3.8, 4) is 0 Å². The predicted molar refractivity (Wildman–Crippen MR) is 69.4 cm³/mol. The van der Waals surface area contributed by atoms with Crippen LogP contribution in [0.15, 0.2) is 23.2 Å². The molecule has 0 aliphatic rings. The first-order valence-electron chi connectivity index (χ1n) is 5.30. The highest BCUT2D eigenvalue weighted by Gasteiger charge is 2.06. The molecule has 0 atom stereocenters.